The van der Waals surface area contributed by atoms with Crippen LogP contribution in [-0.2, 0) is 4.79 Å². The fraction of sp³-hybridized carbons (Fsp3) is 0. The lowest BCUT2D eigenvalue weighted by Gasteiger charge is -2.02. The number of aliphatic carboxylic acids is 1. The molecule has 1 heterocycles. The topological polar surface area (TPSA) is 55.1 Å². The zero-order chi connectivity index (χ0) is 17.1. The average Bonchev–Trinajstić information content (AvgIpc) is 2.91. The first-order valence-electron chi connectivity index (χ1n) is 7.08. The number of benzene rings is 2. The van der Waals surface area contributed by atoms with Crippen LogP contribution in [0, 0.1) is 0 Å². The Morgan fingerprint density at radius 3 is 2.38 bits per heavy atom. The molecule has 1 N–H and O–H groups in total. The molecule has 0 atom stereocenters. The van der Waals surface area contributed by atoms with Crippen molar-refractivity contribution in [2.24, 2.45) is 0 Å². The SMILES string of the molecule is O=C(O)/C=C/c1c(-c2ccccc2Cl)nn(-c2ccccc2)c1Cl. The highest BCUT2D eigenvalue weighted by Gasteiger charge is 2.18. The summed E-state index contributed by atoms with van der Waals surface area (Å²) in [6.45, 7) is 0. The Balaban J connectivity index is 2.24. The summed E-state index contributed by atoms with van der Waals surface area (Å²) in [5.74, 6) is -1.07. The van der Waals surface area contributed by atoms with Gasteiger partial charge >= 0.3 is 5.97 Å². The van der Waals surface area contributed by atoms with E-state index in [9.17, 15) is 4.79 Å². The molecule has 0 unspecified atom stereocenters. The molecule has 0 aliphatic rings. The van der Waals surface area contributed by atoms with E-state index in [0.29, 0.717) is 27.0 Å². The highest BCUT2D eigenvalue weighted by molar-refractivity contribution is 6.34. The standard InChI is InChI=1S/C18H12Cl2N2O2/c19-15-9-5-4-8-13(15)17-14(10-11-16(23)24)18(20)22(21-17)12-6-2-1-3-7-12/h1-11H,(H,23,24)/b11-10+. The van der Waals surface area contributed by atoms with Gasteiger partial charge < -0.3 is 5.11 Å². The molecule has 3 rings (SSSR count). The number of aromatic nitrogens is 2. The summed E-state index contributed by atoms with van der Waals surface area (Å²) >= 11 is 12.7. The van der Waals surface area contributed by atoms with Crippen molar-refractivity contribution in [2.45, 2.75) is 0 Å². The predicted molar refractivity (Wildman–Crippen MR) is 95.7 cm³/mol. The monoisotopic (exact) mass is 358 g/mol. The Bertz CT molecular complexity index is 918. The number of carbonyl (C=O) groups is 1. The molecule has 0 aliphatic carbocycles. The van der Waals surface area contributed by atoms with Crippen LogP contribution in [0.4, 0.5) is 0 Å². The van der Waals surface area contributed by atoms with Crippen molar-refractivity contribution in [1.29, 1.82) is 0 Å². The molecule has 0 radical (unpaired) electrons. The summed E-state index contributed by atoms with van der Waals surface area (Å²) in [7, 11) is 0. The Labute approximate surface area is 148 Å². The fourth-order valence-electron chi connectivity index (χ4n) is 2.30. The second kappa shape index (κ2) is 6.91. The maximum atomic E-state index is 10.9. The smallest absolute Gasteiger partial charge is 0.328 e. The van der Waals surface area contributed by atoms with E-state index in [4.69, 9.17) is 28.3 Å². The van der Waals surface area contributed by atoms with Crippen molar-refractivity contribution < 1.29 is 9.90 Å². The first kappa shape index (κ1) is 16.3. The number of carboxylic acids is 1. The number of hydrogen-bond acceptors (Lipinski definition) is 2. The summed E-state index contributed by atoms with van der Waals surface area (Å²) in [6, 6.07) is 16.6. The van der Waals surface area contributed by atoms with Gasteiger partial charge in [0.1, 0.15) is 10.8 Å². The predicted octanol–water partition coefficient (Wildman–Crippen LogP) is 4.94. The molecule has 24 heavy (non-hydrogen) atoms. The van der Waals surface area contributed by atoms with E-state index >= 15 is 0 Å². The van der Waals surface area contributed by atoms with Crippen LogP contribution >= 0.6 is 23.2 Å². The molecule has 120 valence electrons. The van der Waals surface area contributed by atoms with Crippen LogP contribution < -0.4 is 0 Å². The Kier molecular flexibility index (Phi) is 4.69. The molecular weight excluding hydrogens is 347 g/mol. The molecule has 0 spiro atoms. The van der Waals surface area contributed by atoms with Crippen LogP contribution in [0.5, 0.6) is 0 Å². The van der Waals surface area contributed by atoms with Crippen molar-refractivity contribution >= 4 is 35.2 Å². The molecule has 2 aromatic carbocycles. The van der Waals surface area contributed by atoms with Gasteiger partial charge in [0.05, 0.1) is 10.7 Å². The van der Waals surface area contributed by atoms with Gasteiger partial charge in [0.25, 0.3) is 0 Å². The van der Waals surface area contributed by atoms with E-state index in [2.05, 4.69) is 5.10 Å². The zero-order valence-electron chi connectivity index (χ0n) is 12.4. The number of hydrogen-bond donors (Lipinski definition) is 1. The van der Waals surface area contributed by atoms with E-state index in [1.165, 1.54) is 6.08 Å². The molecule has 0 amide bonds. The second-order valence-electron chi connectivity index (χ2n) is 4.95. The third-order valence-electron chi connectivity index (χ3n) is 3.39. The molecule has 0 bridgehead atoms. The van der Waals surface area contributed by atoms with Crippen molar-refractivity contribution in [2.75, 3.05) is 0 Å². The molecule has 3 aromatic rings. The number of nitrogens with zero attached hydrogens (tertiary/aromatic N) is 2. The largest absolute Gasteiger partial charge is 0.478 e. The molecule has 0 saturated heterocycles. The Morgan fingerprint density at radius 1 is 1.04 bits per heavy atom. The van der Waals surface area contributed by atoms with Gasteiger partial charge in [0.15, 0.2) is 0 Å². The highest BCUT2D eigenvalue weighted by atomic mass is 35.5. The molecule has 0 aliphatic heterocycles. The van der Waals surface area contributed by atoms with Gasteiger partial charge in [-0.15, -0.1) is 0 Å². The third-order valence-corrected chi connectivity index (χ3v) is 4.08. The van der Waals surface area contributed by atoms with Crippen molar-refractivity contribution in [3.8, 4) is 16.9 Å². The van der Waals surface area contributed by atoms with Gasteiger partial charge in [-0.25, -0.2) is 9.48 Å². The summed E-state index contributed by atoms with van der Waals surface area (Å²) in [5, 5.41) is 14.3. The van der Waals surface area contributed by atoms with E-state index in [1.54, 1.807) is 10.7 Å². The quantitative estimate of drug-likeness (QED) is 0.671. The minimum absolute atomic E-state index is 0.314. The number of carboxylic acid groups (broad SMARTS) is 1. The maximum Gasteiger partial charge on any atom is 0.328 e. The molecule has 0 saturated carbocycles. The minimum atomic E-state index is -1.07. The molecule has 6 heteroatoms. The van der Waals surface area contributed by atoms with Crippen LogP contribution in [0.3, 0.4) is 0 Å². The summed E-state index contributed by atoms with van der Waals surface area (Å²) in [6.07, 6.45) is 2.45. The summed E-state index contributed by atoms with van der Waals surface area (Å²) in [5.41, 5.74) is 2.47. The normalized spacial score (nSPS) is 11.1. The van der Waals surface area contributed by atoms with E-state index in [-0.39, 0.29) is 0 Å². The first-order valence-corrected chi connectivity index (χ1v) is 7.83. The summed E-state index contributed by atoms with van der Waals surface area (Å²) < 4.78 is 1.56. The molecule has 4 nitrogen and oxygen atoms in total. The Morgan fingerprint density at radius 2 is 1.71 bits per heavy atom. The van der Waals surface area contributed by atoms with Crippen LogP contribution in [0.1, 0.15) is 5.56 Å². The van der Waals surface area contributed by atoms with Gasteiger partial charge in [0.2, 0.25) is 0 Å². The lowest BCUT2D eigenvalue weighted by molar-refractivity contribution is -0.131. The Hall–Kier alpha value is -2.56. The fourth-order valence-corrected chi connectivity index (χ4v) is 2.82. The van der Waals surface area contributed by atoms with Gasteiger partial charge in [-0.1, -0.05) is 59.6 Å². The lowest BCUT2D eigenvalue weighted by atomic mass is 10.1. The number of rotatable bonds is 4. The van der Waals surface area contributed by atoms with Crippen LogP contribution in [-0.4, -0.2) is 20.9 Å². The third kappa shape index (κ3) is 3.20. The molecule has 0 fully saturated rings. The van der Waals surface area contributed by atoms with E-state index < -0.39 is 5.97 Å². The van der Waals surface area contributed by atoms with Crippen molar-refractivity contribution in [3.05, 3.63) is 76.4 Å². The van der Waals surface area contributed by atoms with Gasteiger partial charge in [-0.05, 0) is 24.3 Å². The maximum absolute atomic E-state index is 10.9. The van der Waals surface area contributed by atoms with Crippen LogP contribution in [0.25, 0.3) is 23.0 Å². The van der Waals surface area contributed by atoms with Gasteiger partial charge in [-0.3, -0.25) is 0 Å². The van der Waals surface area contributed by atoms with Crippen LogP contribution in [0.15, 0.2) is 60.7 Å². The number of para-hydroxylation sites is 1. The second-order valence-corrected chi connectivity index (χ2v) is 5.72. The van der Waals surface area contributed by atoms with E-state index in [1.807, 2.05) is 48.5 Å². The summed E-state index contributed by atoms with van der Waals surface area (Å²) in [4.78, 5) is 10.9. The lowest BCUT2D eigenvalue weighted by Crippen LogP contribution is -1.96. The highest BCUT2D eigenvalue weighted by Crippen LogP contribution is 2.35. The zero-order valence-corrected chi connectivity index (χ0v) is 13.9. The van der Waals surface area contributed by atoms with Crippen molar-refractivity contribution in [1.82, 2.24) is 9.78 Å². The van der Waals surface area contributed by atoms with E-state index in [0.717, 1.165) is 11.8 Å². The molecular formula is C18H12Cl2N2O2. The first-order chi connectivity index (χ1) is 11.6. The molecule has 1 aromatic heterocycles. The number of halogens is 2. The van der Waals surface area contributed by atoms with Gasteiger partial charge in [-0.2, -0.15) is 5.10 Å². The van der Waals surface area contributed by atoms with Gasteiger partial charge in [0, 0.05) is 17.2 Å². The average molecular weight is 359 g/mol. The van der Waals surface area contributed by atoms with Crippen LogP contribution in [0.2, 0.25) is 10.2 Å². The minimum Gasteiger partial charge on any atom is -0.478 e. The van der Waals surface area contributed by atoms with Crippen molar-refractivity contribution in [3.63, 3.8) is 0 Å².